The quantitative estimate of drug-likeness (QED) is 0.277. The number of hydrogen-bond acceptors (Lipinski definition) is 4. The monoisotopic (exact) mass is 320 g/mol. The van der Waals surface area contributed by atoms with Gasteiger partial charge in [0.2, 0.25) is 0 Å². The van der Waals surface area contributed by atoms with Crippen LogP contribution in [0.4, 0.5) is 0 Å². The molecular formula is C19H28O4. The second-order valence-corrected chi connectivity index (χ2v) is 5.80. The van der Waals surface area contributed by atoms with Gasteiger partial charge < -0.3 is 9.47 Å². The van der Waals surface area contributed by atoms with Gasteiger partial charge in [-0.25, -0.2) is 9.59 Å². The van der Waals surface area contributed by atoms with Gasteiger partial charge in [-0.1, -0.05) is 57.6 Å². The lowest BCUT2D eigenvalue weighted by Crippen LogP contribution is -2.24. The summed E-state index contributed by atoms with van der Waals surface area (Å²) in [5.74, 6) is -1.18. The molecule has 0 aliphatic heterocycles. The molecule has 0 aromatic rings. The highest BCUT2D eigenvalue weighted by atomic mass is 16.6. The predicted molar refractivity (Wildman–Crippen MR) is 90.8 cm³/mol. The van der Waals surface area contributed by atoms with Crippen LogP contribution in [-0.2, 0) is 19.1 Å². The van der Waals surface area contributed by atoms with Crippen LogP contribution in [0.2, 0.25) is 0 Å². The molecule has 0 amide bonds. The van der Waals surface area contributed by atoms with Crippen LogP contribution in [0.15, 0.2) is 36.0 Å². The molecule has 0 aromatic carbocycles. The normalized spacial score (nSPS) is 19.3. The molecule has 0 aromatic heterocycles. The molecule has 0 N–H and O–H groups in total. The van der Waals surface area contributed by atoms with Crippen molar-refractivity contribution in [3.8, 4) is 0 Å². The van der Waals surface area contributed by atoms with E-state index in [1.165, 1.54) is 0 Å². The van der Waals surface area contributed by atoms with Crippen molar-refractivity contribution in [3.05, 3.63) is 36.0 Å². The molecule has 23 heavy (non-hydrogen) atoms. The van der Waals surface area contributed by atoms with E-state index in [4.69, 9.17) is 9.47 Å². The van der Waals surface area contributed by atoms with E-state index in [2.05, 4.69) is 19.1 Å². The molecule has 1 rings (SSSR count). The summed E-state index contributed by atoms with van der Waals surface area (Å²) in [7, 11) is 0. The summed E-state index contributed by atoms with van der Waals surface area (Å²) in [4.78, 5) is 24.6. The van der Waals surface area contributed by atoms with Crippen LogP contribution in [0.1, 0.15) is 52.9 Å². The summed E-state index contributed by atoms with van der Waals surface area (Å²) in [5, 5.41) is 0. The third-order valence-corrected chi connectivity index (χ3v) is 3.63. The number of ether oxygens (including phenoxy) is 2. The highest BCUT2D eigenvalue weighted by Gasteiger charge is 2.30. The van der Waals surface area contributed by atoms with E-state index in [1.807, 2.05) is 26.0 Å². The first kappa shape index (κ1) is 19.2. The van der Waals surface area contributed by atoms with Gasteiger partial charge in [0.25, 0.3) is 0 Å². The number of esters is 2. The molecule has 4 heteroatoms. The minimum Gasteiger partial charge on any atom is -0.462 e. The van der Waals surface area contributed by atoms with Crippen LogP contribution in [0.3, 0.4) is 0 Å². The molecule has 1 aliphatic rings. The standard InChI is InChI=1S/C19H28O4/c1-4-10-19(11-8-7-9-12-19)15-16(17(20)22-13-5-2)18(21)23-14-6-3/h7-9,11,15H,4-6,10,12-14H2,1-3H3. The molecule has 4 nitrogen and oxygen atoms in total. The van der Waals surface area contributed by atoms with Crippen molar-refractivity contribution in [2.45, 2.75) is 52.9 Å². The summed E-state index contributed by atoms with van der Waals surface area (Å²) >= 11 is 0. The zero-order chi connectivity index (χ0) is 17.1. The van der Waals surface area contributed by atoms with Crippen LogP contribution in [0.5, 0.6) is 0 Å². The van der Waals surface area contributed by atoms with Gasteiger partial charge in [0.1, 0.15) is 5.57 Å². The maximum atomic E-state index is 12.3. The van der Waals surface area contributed by atoms with Crippen molar-refractivity contribution in [2.24, 2.45) is 5.41 Å². The van der Waals surface area contributed by atoms with E-state index in [1.54, 1.807) is 6.08 Å². The van der Waals surface area contributed by atoms with Gasteiger partial charge in [-0.15, -0.1) is 0 Å². The highest BCUT2D eigenvalue weighted by molar-refractivity contribution is 6.14. The third-order valence-electron chi connectivity index (χ3n) is 3.63. The lowest BCUT2D eigenvalue weighted by Gasteiger charge is -2.28. The van der Waals surface area contributed by atoms with Crippen LogP contribution < -0.4 is 0 Å². The first-order valence-electron chi connectivity index (χ1n) is 8.50. The summed E-state index contributed by atoms with van der Waals surface area (Å²) in [6.45, 7) is 6.52. The van der Waals surface area contributed by atoms with E-state index in [-0.39, 0.29) is 11.0 Å². The van der Waals surface area contributed by atoms with E-state index < -0.39 is 11.9 Å². The van der Waals surface area contributed by atoms with Crippen LogP contribution in [-0.4, -0.2) is 25.2 Å². The Hall–Kier alpha value is -1.84. The number of carbonyl (C=O) groups excluding carboxylic acids is 2. The molecule has 1 aliphatic carbocycles. The van der Waals surface area contributed by atoms with Gasteiger partial charge >= 0.3 is 11.9 Å². The second kappa shape index (κ2) is 10.0. The van der Waals surface area contributed by atoms with Gasteiger partial charge in [0.05, 0.1) is 13.2 Å². The fraction of sp³-hybridized carbons (Fsp3) is 0.579. The highest BCUT2D eigenvalue weighted by Crippen LogP contribution is 2.36. The molecule has 0 saturated heterocycles. The molecule has 1 atom stereocenters. The van der Waals surface area contributed by atoms with Crippen LogP contribution >= 0.6 is 0 Å². The zero-order valence-electron chi connectivity index (χ0n) is 14.5. The van der Waals surface area contributed by atoms with Gasteiger partial charge in [-0.3, -0.25) is 0 Å². The summed E-state index contributed by atoms with van der Waals surface area (Å²) in [5.41, 5.74) is -0.310. The fourth-order valence-corrected chi connectivity index (χ4v) is 2.54. The van der Waals surface area contributed by atoms with Crippen molar-refractivity contribution >= 4 is 11.9 Å². The lowest BCUT2D eigenvalue weighted by molar-refractivity contribution is -0.147. The number of allylic oxidation sites excluding steroid dienone is 5. The molecule has 128 valence electrons. The van der Waals surface area contributed by atoms with E-state index in [0.717, 1.165) is 19.3 Å². The first-order chi connectivity index (χ1) is 11.1. The third kappa shape index (κ3) is 6.05. The summed E-state index contributed by atoms with van der Waals surface area (Å²) in [6.07, 6.45) is 13.8. The van der Waals surface area contributed by atoms with Gasteiger partial charge in [-0.05, 0) is 25.7 Å². The van der Waals surface area contributed by atoms with Crippen molar-refractivity contribution in [2.75, 3.05) is 13.2 Å². The minimum atomic E-state index is -0.591. The van der Waals surface area contributed by atoms with Crippen molar-refractivity contribution in [1.29, 1.82) is 0 Å². The smallest absolute Gasteiger partial charge is 0.345 e. The van der Waals surface area contributed by atoms with E-state index >= 15 is 0 Å². The molecule has 0 heterocycles. The Balaban J connectivity index is 3.08. The predicted octanol–water partition coefficient (Wildman–Crippen LogP) is 4.12. The average Bonchev–Trinajstić information content (AvgIpc) is 2.56. The largest absolute Gasteiger partial charge is 0.462 e. The SMILES string of the molecule is CCCOC(=O)C(=CC1(CCC)C=CC=CC1)C(=O)OCCC. The zero-order valence-corrected chi connectivity index (χ0v) is 14.5. The van der Waals surface area contributed by atoms with Gasteiger partial charge in [0.15, 0.2) is 0 Å². The van der Waals surface area contributed by atoms with E-state index in [9.17, 15) is 9.59 Å². The Kier molecular flexibility index (Phi) is 8.38. The van der Waals surface area contributed by atoms with Crippen molar-refractivity contribution < 1.29 is 19.1 Å². The Morgan fingerprint density at radius 3 is 2.04 bits per heavy atom. The molecule has 0 fully saturated rings. The summed E-state index contributed by atoms with van der Waals surface area (Å²) < 4.78 is 10.3. The van der Waals surface area contributed by atoms with Gasteiger partial charge in [-0.2, -0.15) is 0 Å². The van der Waals surface area contributed by atoms with Crippen LogP contribution in [0.25, 0.3) is 0 Å². The fourth-order valence-electron chi connectivity index (χ4n) is 2.54. The number of rotatable bonds is 9. The minimum absolute atomic E-state index is 0.0142. The summed E-state index contributed by atoms with van der Waals surface area (Å²) in [6, 6.07) is 0. The number of hydrogen-bond donors (Lipinski definition) is 0. The molecule has 1 unspecified atom stereocenters. The molecular weight excluding hydrogens is 292 g/mol. The Labute approximate surface area is 139 Å². The van der Waals surface area contributed by atoms with Crippen molar-refractivity contribution in [1.82, 2.24) is 0 Å². The molecule has 0 radical (unpaired) electrons. The van der Waals surface area contributed by atoms with E-state index in [0.29, 0.717) is 26.1 Å². The maximum absolute atomic E-state index is 12.3. The Morgan fingerprint density at radius 2 is 1.61 bits per heavy atom. The second-order valence-electron chi connectivity index (χ2n) is 5.80. The van der Waals surface area contributed by atoms with Gasteiger partial charge in [0, 0.05) is 5.41 Å². The lowest BCUT2D eigenvalue weighted by atomic mass is 9.76. The van der Waals surface area contributed by atoms with Crippen LogP contribution in [0, 0.1) is 5.41 Å². The number of carbonyl (C=O) groups is 2. The molecule has 0 bridgehead atoms. The molecule has 0 spiro atoms. The van der Waals surface area contributed by atoms with Crippen molar-refractivity contribution in [3.63, 3.8) is 0 Å². The average molecular weight is 320 g/mol. The first-order valence-corrected chi connectivity index (χ1v) is 8.50. The molecule has 0 saturated carbocycles. The maximum Gasteiger partial charge on any atom is 0.345 e. The Bertz CT molecular complexity index is 466. The topological polar surface area (TPSA) is 52.6 Å². The Morgan fingerprint density at radius 1 is 1.00 bits per heavy atom.